The quantitative estimate of drug-likeness (QED) is 0.701. The van der Waals surface area contributed by atoms with Crippen LogP contribution in [0.15, 0.2) is 36.9 Å². The lowest BCUT2D eigenvalue weighted by Crippen LogP contribution is -2.55. The molecule has 2 aromatic rings. The fraction of sp³-hybridized carbons (Fsp3) is 0.381. The zero-order valence-corrected chi connectivity index (χ0v) is 17.5. The summed E-state index contributed by atoms with van der Waals surface area (Å²) in [5, 5.41) is 11.2. The van der Waals surface area contributed by atoms with Crippen LogP contribution in [0.5, 0.6) is 0 Å². The summed E-state index contributed by atoms with van der Waals surface area (Å²) in [7, 11) is 1.86. The van der Waals surface area contributed by atoms with Gasteiger partial charge in [0, 0.05) is 25.3 Å². The number of anilines is 3. The van der Waals surface area contributed by atoms with Crippen molar-refractivity contribution in [2.45, 2.75) is 38.8 Å². The number of hydrogen-bond donors (Lipinski definition) is 2. The minimum atomic E-state index is -0.715. The third-order valence-corrected chi connectivity index (χ3v) is 5.44. The number of primary amides is 1. The lowest BCUT2D eigenvalue weighted by Gasteiger charge is -2.42. The van der Waals surface area contributed by atoms with Crippen LogP contribution >= 0.6 is 0 Å². The number of nitrogens with two attached hydrogens (primary N) is 1. The maximum absolute atomic E-state index is 12.2. The number of aryl methyl sites for hydroxylation is 1. The van der Waals surface area contributed by atoms with Crippen molar-refractivity contribution in [1.82, 2.24) is 20.1 Å². The molecular formula is C21H27N7O2. The van der Waals surface area contributed by atoms with E-state index >= 15 is 0 Å². The van der Waals surface area contributed by atoms with Crippen LogP contribution in [-0.2, 0) is 4.79 Å². The molecule has 9 heteroatoms. The van der Waals surface area contributed by atoms with Gasteiger partial charge in [-0.25, -0.2) is 0 Å². The molecule has 2 heterocycles. The average molecular weight is 409 g/mol. The van der Waals surface area contributed by atoms with Crippen LogP contribution in [0, 0.1) is 6.92 Å². The van der Waals surface area contributed by atoms with Crippen LogP contribution in [0.2, 0.25) is 0 Å². The van der Waals surface area contributed by atoms with E-state index in [1.54, 1.807) is 4.90 Å². The number of carbonyl (C=O) groups is 2. The Balaban J connectivity index is 1.89. The highest BCUT2D eigenvalue weighted by Crippen LogP contribution is 2.26. The van der Waals surface area contributed by atoms with Crippen molar-refractivity contribution in [2.24, 2.45) is 5.73 Å². The van der Waals surface area contributed by atoms with E-state index < -0.39 is 5.91 Å². The Bertz CT molecular complexity index is 945. The van der Waals surface area contributed by atoms with Crippen molar-refractivity contribution < 1.29 is 9.59 Å². The monoisotopic (exact) mass is 409 g/mol. The molecule has 0 saturated carbocycles. The molecule has 9 nitrogen and oxygen atoms in total. The molecule has 0 unspecified atom stereocenters. The molecule has 1 aliphatic heterocycles. The second-order valence-electron chi connectivity index (χ2n) is 7.46. The summed E-state index contributed by atoms with van der Waals surface area (Å²) < 4.78 is 0. The summed E-state index contributed by atoms with van der Waals surface area (Å²) in [5.74, 6) is -0.219. The van der Waals surface area contributed by atoms with Crippen molar-refractivity contribution in [1.29, 1.82) is 0 Å². The lowest BCUT2D eigenvalue weighted by atomic mass is 9.96. The molecule has 30 heavy (non-hydrogen) atoms. The summed E-state index contributed by atoms with van der Waals surface area (Å²) in [6.45, 7) is 8.27. The Morgan fingerprint density at radius 2 is 2.00 bits per heavy atom. The van der Waals surface area contributed by atoms with E-state index in [4.69, 9.17) is 5.73 Å². The average Bonchev–Trinajstić information content (AvgIpc) is 2.74. The predicted octanol–water partition coefficient (Wildman–Crippen LogP) is 2.02. The van der Waals surface area contributed by atoms with Crippen LogP contribution in [0.1, 0.15) is 35.8 Å². The Kier molecular flexibility index (Phi) is 6.29. The topological polar surface area (TPSA) is 117 Å². The SMILES string of the molecule is C=CC(=O)N1CCC[C@@H](N(C)c2nnc(C(N)=O)c(Nc3ccc(C)cc3)n2)[C@H]1C. The molecule has 1 fully saturated rings. The predicted molar refractivity (Wildman–Crippen MR) is 116 cm³/mol. The summed E-state index contributed by atoms with van der Waals surface area (Å²) in [5.41, 5.74) is 7.30. The van der Waals surface area contributed by atoms with Crippen LogP contribution in [0.25, 0.3) is 0 Å². The fourth-order valence-corrected chi connectivity index (χ4v) is 3.71. The first kappa shape index (κ1) is 21.2. The number of aromatic nitrogens is 3. The van der Waals surface area contributed by atoms with Crippen LogP contribution in [0.4, 0.5) is 17.5 Å². The van der Waals surface area contributed by atoms with Gasteiger partial charge in [-0.15, -0.1) is 10.2 Å². The minimum absolute atomic E-state index is 0.00361. The summed E-state index contributed by atoms with van der Waals surface area (Å²) in [4.78, 5) is 32.2. The molecule has 0 spiro atoms. The Labute approximate surface area is 176 Å². The summed E-state index contributed by atoms with van der Waals surface area (Å²) >= 11 is 0. The summed E-state index contributed by atoms with van der Waals surface area (Å²) in [6, 6.07) is 7.60. The Morgan fingerprint density at radius 1 is 1.30 bits per heavy atom. The molecule has 2 amide bonds. The number of hydrogen-bond acceptors (Lipinski definition) is 7. The van der Waals surface area contributed by atoms with Gasteiger partial charge >= 0.3 is 0 Å². The van der Waals surface area contributed by atoms with E-state index in [0.717, 1.165) is 24.1 Å². The second kappa shape index (κ2) is 8.89. The van der Waals surface area contributed by atoms with Gasteiger partial charge in [0.1, 0.15) is 0 Å². The van der Waals surface area contributed by atoms with Crippen LogP contribution in [0.3, 0.4) is 0 Å². The van der Waals surface area contributed by atoms with Crippen molar-refractivity contribution in [3.05, 3.63) is 48.2 Å². The number of rotatable bonds is 6. The van der Waals surface area contributed by atoms with E-state index in [-0.39, 0.29) is 29.5 Å². The first-order valence-electron chi connectivity index (χ1n) is 9.86. The molecule has 0 bridgehead atoms. The largest absolute Gasteiger partial charge is 0.364 e. The van der Waals surface area contributed by atoms with E-state index in [9.17, 15) is 9.59 Å². The number of amides is 2. The molecule has 0 aliphatic carbocycles. The van der Waals surface area contributed by atoms with Gasteiger partial charge in [-0.2, -0.15) is 4.98 Å². The van der Waals surface area contributed by atoms with E-state index in [1.165, 1.54) is 6.08 Å². The highest BCUT2D eigenvalue weighted by atomic mass is 16.2. The van der Waals surface area contributed by atoms with E-state index in [2.05, 4.69) is 27.1 Å². The standard InChI is InChI=1S/C21H27N7O2/c1-5-17(29)28-12-6-7-16(14(28)3)27(4)21-24-20(18(19(22)30)25-26-21)23-15-10-8-13(2)9-11-15/h5,8-11,14,16H,1,6-7,12H2,2-4H3,(H2,22,30)(H,23,24,26)/t14-,16-/m1/s1. The van der Waals surface area contributed by atoms with Crippen molar-refractivity contribution in [3.8, 4) is 0 Å². The normalized spacial score (nSPS) is 18.6. The van der Waals surface area contributed by atoms with Crippen LogP contribution < -0.4 is 16.0 Å². The minimum Gasteiger partial charge on any atom is -0.364 e. The smallest absolute Gasteiger partial charge is 0.273 e. The molecule has 2 atom stereocenters. The van der Waals surface area contributed by atoms with Gasteiger partial charge in [0.15, 0.2) is 11.5 Å². The third-order valence-electron chi connectivity index (χ3n) is 5.44. The van der Waals surface area contributed by atoms with Crippen molar-refractivity contribution >= 4 is 29.3 Å². The van der Waals surface area contributed by atoms with Gasteiger partial charge in [-0.1, -0.05) is 24.3 Å². The van der Waals surface area contributed by atoms with Gasteiger partial charge in [0.2, 0.25) is 11.9 Å². The number of benzene rings is 1. The number of likely N-dealkylation sites (tertiary alicyclic amines) is 1. The molecule has 1 saturated heterocycles. The molecule has 3 rings (SSSR count). The lowest BCUT2D eigenvalue weighted by molar-refractivity contribution is -0.129. The van der Waals surface area contributed by atoms with Gasteiger partial charge in [0.05, 0.1) is 6.04 Å². The molecular weight excluding hydrogens is 382 g/mol. The maximum Gasteiger partial charge on any atom is 0.273 e. The molecule has 1 aromatic carbocycles. The highest BCUT2D eigenvalue weighted by molar-refractivity contribution is 5.96. The molecule has 3 N–H and O–H groups in total. The fourth-order valence-electron chi connectivity index (χ4n) is 3.71. The van der Waals surface area contributed by atoms with Gasteiger partial charge < -0.3 is 20.9 Å². The molecule has 1 aromatic heterocycles. The van der Waals surface area contributed by atoms with Gasteiger partial charge in [0.25, 0.3) is 5.91 Å². The Morgan fingerprint density at radius 3 is 2.63 bits per heavy atom. The van der Waals surface area contributed by atoms with Gasteiger partial charge in [-0.3, -0.25) is 9.59 Å². The first-order valence-corrected chi connectivity index (χ1v) is 9.86. The van der Waals surface area contributed by atoms with Gasteiger partial charge in [-0.05, 0) is 44.9 Å². The number of piperidine rings is 1. The number of likely N-dealkylation sites (N-methyl/N-ethyl adjacent to an activating group) is 1. The summed E-state index contributed by atoms with van der Waals surface area (Å²) in [6.07, 6.45) is 3.07. The second-order valence-corrected chi connectivity index (χ2v) is 7.46. The van der Waals surface area contributed by atoms with Crippen molar-refractivity contribution in [3.63, 3.8) is 0 Å². The van der Waals surface area contributed by atoms with E-state index in [1.807, 2.05) is 50.1 Å². The number of nitrogens with zero attached hydrogens (tertiary/aromatic N) is 5. The van der Waals surface area contributed by atoms with E-state index in [0.29, 0.717) is 12.5 Å². The van der Waals surface area contributed by atoms with Crippen molar-refractivity contribution in [2.75, 3.05) is 23.8 Å². The molecule has 1 aliphatic rings. The zero-order valence-electron chi connectivity index (χ0n) is 17.5. The molecule has 0 radical (unpaired) electrons. The maximum atomic E-state index is 12.2. The molecule has 158 valence electrons. The Hall–Kier alpha value is -3.49. The third kappa shape index (κ3) is 4.40. The number of nitrogens with one attached hydrogen (secondary N) is 1. The van der Waals surface area contributed by atoms with Crippen LogP contribution in [-0.4, -0.2) is 57.6 Å². The zero-order chi connectivity index (χ0) is 21.8. The number of carbonyl (C=O) groups excluding carboxylic acids is 2. The first-order chi connectivity index (χ1) is 14.3. The highest BCUT2D eigenvalue weighted by Gasteiger charge is 2.34.